The fourth-order valence-electron chi connectivity index (χ4n) is 3.90. The fourth-order valence-corrected chi connectivity index (χ4v) is 3.90. The van der Waals surface area contributed by atoms with Crippen LogP contribution in [0, 0.1) is 0 Å². The topological polar surface area (TPSA) is 337 Å². The van der Waals surface area contributed by atoms with E-state index in [0.29, 0.717) is 5.56 Å². The third kappa shape index (κ3) is 14.4. The molecule has 0 fully saturated rings. The first-order chi connectivity index (χ1) is 21.7. The van der Waals surface area contributed by atoms with Crippen LogP contribution in [0.25, 0.3) is 0 Å². The van der Waals surface area contributed by atoms with Crippen LogP contribution in [-0.2, 0) is 40.0 Å². The van der Waals surface area contributed by atoms with E-state index in [1.165, 1.54) is 6.92 Å². The number of benzene rings is 1. The zero-order chi connectivity index (χ0) is 34.8. The van der Waals surface area contributed by atoms with Crippen LogP contribution >= 0.6 is 0 Å². The van der Waals surface area contributed by atoms with Crippen molar-refractivity contribution >= 4 is 47.4 Å². The minimum absolute atomic E-state index is 0.0417. The second-order valence-electron chi connectivity index (χ2n) is 10.1. The highest BCUT2D eigenvalue weighted by Gasteiger charge is 2.31. The van der Waals surface area contributed by atoms with Crippen molar-refractivity contribution in [1.82, 2.24) is 26.6 Å². The lowest BCUT2D eigenvalue weighted by molar-refractivity contribution is -0.143. The highest BCUT2D eigenvalue weighted by Crippen LogP contribution is 2.07. The molecule has 0 aromatic heterocycles. The Bertz CT molecular complexity index is 1260. The van der Waals surface area contributed by atoms with Gasteiger partial charge in [-0.15, -0.1) is 0 Å². The molecule has 15 N–H and O–H groups in total. The molecule has 0 aliphatic heterocycles. The Hall–Kier alpha value is -5.30. The van der Waals surface area contributed by atoms with Gasteiger partial charge in [-0.3, -0.25) is 33.8 Å². The van der Waals surface area contributed by atoms with Gasteiger partial charge >= 0.3 is 5.97 Å². The first-order valence-corrected chi connectivity index (χ1v) is 14.1. The molecule has 0 spiro atoms. The van der Waals surface area contributed by atoms with E-state index < -0.39 is 91.2 Å². The number of guanidine groups is 1. The molecule has 0 aliphatic rings. The average molecular weight is 651 g/mol. The number of aliphatic hydroxyl groups is 1. The largest absolute Gasteiger partial charge is 0.480 e. The van der Waals surface area contributed by atoms with Gasteiger partial charge in [0.1, 0.15) is 30.2 Å². The number of primary amides is 1. The van der Waals surface area contributed by atoms with Crippen LogP contribution in [0.3, 0.4) is 0 Å². The summed E-state index contributed by atoms with van der Waals surface area (Å²) in [7, 11) is 0. The van der Waals surface area contributed by atoms with Crippen LogP contribution in [0.2, 0.25) is 0 Å². The number of nitrogens with one attached hydrogen (secondary N) is 5. The normalized spacial score (nSPS) is 13.8. The number of carboxylic acids is 1. The molecule has 19 nitrogen and oxygen atoms in total. The summed E-state index contributed by atoms with van der Waals surface area (Å²) in [5.74, 6) is -6.90. The quantitative estimate of drug-likeness (QED) is 0.0358. The standard InChI is InChI=1S/C27H42N10O9/c1-14(22(41)37-19(13-38)26(45)46)33-23(42)16(8-5-9-32-27(30)31)35-24(43)17(10-15-6-3-2-4-7-15)36-25(44)18(11-20(29)39)34-21(40)12-28/h2-4,6-7,14,16-19,38H,5,8-13,28H2,1H3,(H2,29,39)(H,33,42)(H,34,40)(H,35,43)(H,36,44)(H,37,41)(H,45,46)(H4,30,31,32)/t14-,16-,17-,18-,19-/m0/s1. The monoisotopic (exact) mass is 650 g/mol. The van der Waals surface area contributed by atoms with Gasteiger partial charge in [0.2, 0.25) is 35.4 Å². The molecular formula is C27H42N10O9. The van der Waals surface area contributed by atoms with Gasteiger partial charge in [-0.1, -0.05) is 30.3 Å². The third-order valence-corrected chi connectivity index (χ3v) is 6.29. The van der Waals surface area contributed by atoms with Gasteiger partial charge in [0, 0.05) is 13.0 Å². The van der Waals surface area contributed by atoms with Gasteiger partial charge in [0.25, 0.3) is 0 Å². The number of nitrogens with zero attached hydrogens (tertiary/aromatic N) is 1. The predicted molar refractivity (Wildman–Crippen MR) is 163 cm³/mol. The number of hydrogen-bond acceptors (Lipinski definition) is 10. The molecule has 1 aromatic rings. The smallest absolute Gasteiger partial charge is 0.328 e. The summed E-state index contributed by atoms with van der Waals surface area (Å²) in [5, 5.41) is 30.0. The lowest BCUT2D eigenvalue weighted by atomic mass is 10.0. The SMILES string of the molecule is C[C@H](NC(=O)[C@H](CCCN=C(N)N)NC(=O)[C@H](Cc1ccccc1)NC(=O)[C@H](CC(N)=O)NC(=O)CN)C(=O)N[C@@H](CO)C(=O)O. The van der Waals surface area contributed by atoms with E-state index in [4.69, 9.17) is 28.0 Å². The van der Waals surface area contributed by atoms with Crippen molar-refractivity contribution < 1.29 is 43.8 Å². The van der Waals surface area contributed by atoms with Gasteiger partial charge in [-0.25, -0.2) is 4.79 Å². The minimum atomic E-state index is -1.61. The van der Waals surface area contributed by atoms with Crippen molar-refractivity contribution in [2.45, 2.75) is 62.8 Å². The van der Waals surface area contributed by atoms with E-state index in [2.05, 4.69) is 31.6 Å². The molecule has 1 aromatic carbocycles. The number of carboxylic acid groups (broad SMARTS) is 1. The minimum Gasteiger partial charge on any atom is -0.480 e. The number of nitrogens with two attached hydrogens (primary N) is 4. The van der Waals surface area contributed by atoms with Gasteiger partial charge in [0.15, 0.2) is 5.96 Å². The summed E-state index contributed by atoms with van der Waals surface area (Å²) >= 11 is 0. The molecule has 0 radical (unpaired) electrons. The maximum Gasteiger partial charge on any atom is 0.328 e. The zero-order valence-electron chi connectivity index (χ0n) is 25.2. The number of carbonyl (C=O) groups excluding carboxylic acids is 6. The summed E-state index contributed by atoms with van der Waals surface area (Å²) in [4.78, 5) is 90.8. The van der Waals surface area contributed by atoms with Crippen molar-refractivity contribution in [2.24, 2.45) is 27.9 Å². The Morgan fingerprint density at radius 1 is 0.783 bits per heavy atom. The third-order valence-electron chi connectivity index (χ3n) is 6.29. The molecule has 0 saturated carbocycles. The summed E-state index contributed by atoms with van der Waals surface area (Å²) in [6, 6.07) is 1.48. The molecule has 0 unspecified atom stereocenters. The fraction of sp³-hybridized carbons (Fsp3) is 0.481. The van der Waals surface area contributed by atoms with E-state index in [-0.39, 0.29) is 31.8 Å². The number of amides is 6. The first-order valence-electron chi connectivity index (χ1n) is 14.1. The highest BCUT2D eigenvalue weighted by atomic mass is 16.4. The van der Waals surface area contributed by atoms with Crippen LogP contribution in [0.15, 0.2) is 35.3 Å². The number of carbonyl (C=O) groups is 7. The number of aliphatic carboxylic acids is 1. The number of aliphatic hydroxyl groups excluding tert-OH is 1. The van der Waals surface area contributed by atoms with Gasteiger partial charge in [-0.2, -0.15) is 0 Å². The second-order valence-corrected chi connectivity index (χ2v) is 10.1. The molecule has 19 heteroatoms. The second kappa shape index (κ2) is 19.9. The van der Waals surface area contributed by atoms with Gasteiger partial charge in [-0.05, 0) is 25.3 Å². The van der Waals surface area contributed by atoms with Crippen molar-refractivity contribution in [1.29, 1.82) is 0 Å². The molecule has 0 heterocycles. The van der Waals surface area contributed by atoms with Crippen molar-refractivity contribution in [3.63, 3.8) is 0 Å². The molecular weight excluding hydrogens is 608 g/mol. The lowest BCUT2D eigenvalue weighted by Gasteiger charge is -2.26. The number of rotatable bonds is 20. The van der Waals surface area contributed by atoms with Crippen LogP contribution in [0.5, 0.6) is 0 Å². The Morgan fingerprint density at radius 3 is 1.89 bits per heavy atom. The lowest BCUT2D eigenvalue weighted by Crippen LogP contribution is -2.59. The van der Waals surface area contributed by atoms with Crippen LogP contribution in [0.1, 0.15) is 31.7 Å². The molecule has 5 atom stereocenters. The van der Waals surface area contributed by atoms with Crippen LogP contribution in [0.4, 0.5) is 0 Å². The summed E-state index contributed by atoms with van der Waals surface area (Å²) < 4.78 is 0. The average Bonchev–Trinajstić information content (AvgIpc) is 3.00. The summed E-state index contributed by atoms with van der Waals surface area (Å²) in [6.07, 6.45) is -0.526. The van der Waals surface area contributed by atoms with Crippen LogP contribution in [-0.4, -0.2) is 107 Å². The van der Waals surface area contributed by atoms with Crippen molar-refractivity contribution in [3.05, 3.63) is 35.9 Å². The molecule has 1 rings (SSSR count). The molecule has 6 amide bonds. The Balaban J connectivity index is 3.26. The van der Waals surface area contributed by atoms with E-state index in [0.717, 1.165) is 0 Å². The number of hydrogen-bond donors (Lipinski definition) is 11. The highest BCUT2D eigenvalue weighted by molar-refractivity contribution is 5.97. The molecule has 0 aliphatic carbocycles. The Labute approximate surface area is 264 Å². The van der Waals surface area contributed by atoms with Crippen molar-refractivity contribution in [2.75, 3.05) is 19.7 Å². The van der Waals surface area contributed by atoms with Gasteiger partial charge in [0.05, 0.1) is 19.6 Å². The summed E-state index contributed by atoms with van der Waals surface area (Å²) in [5.41, 5.74) is 21.8. The number of aliphatic imine (C=N–C) groups is 1. The van der Waals surface area contributed by atoms with Gasteiger partial charge < -0.3 is 59.7 Å². The zero-order valence-corrected chi connectivity index (χ0v) is 25.2. The predicted octanol–water partition coefficient (Wildman–Crippen LogP) is -5.36. The Kier molecular flexibility index (Phi) is 16.7. The van der Waals surface area contributed by atoms with E-state index in [9.17, 15) is 38.7 Å². The first kappa shape index (κ1) is 38.7. The molecule has 46 heavy (non-hydrogen) atoms. The van der Waals surface area contributed by atoms with E-state index in [1.807, 2.05) is 0 Å². The van der Waals surface area contributed by atoms with Crippen molar-refractivity contribution in [3.8, 4) is 0 Å². The van der Waals surface area contributed by atoms with Crippen LogP contribution < -0.4 is 49.5 Å². The molecule has 0 saturated heterocycles. The maximum atomic E-state index is 13.6. The summed E-state index contributed by atoms with van der Waals surface area (Å²) in [6.45, 7) is -0.0418. The molecule has 254 valence electrons. The Morgan fingerprint density at radius 2 is 1.35 bits per heavy atom. The molecule has 0 bridgehead atoms. The van der Waals surface area contributed by atoms with E-state index >= 15 is 0 Å². The van der Waals surface area contributed by atoms with E-state index in [1.54, 1.807) is 30.3 Å². The maximum absolute atomic E-state index is 13.6.